The van der Waals surface area contributed by atoms with Crippen LogP contribution in [-0.2, 0) is 0 Å². The molecular weight excluding hydrogens is 343 g/mol. The molecule has 0 aliphatic carbocycles. The van der Waals surface area contributed by atoms with Crippen molar-refractivity contribution in [1.29, 1.82) is 0 Å². The number of H-pyrrole nitrogens is 1. The average molecular weight is 357 g/mol. The highest BCUT2D eigenvalue weighted by Gasteiger charge is 2.26. The monoisotopic (exact) mass is 357 g/mol. The molecule has 0 saturated carbocycles. The number of hydrogen-bond acceptors (Lipinski definition) is 4. The van der Waals surface area contributed by atoms with E-state index in [1.807, 2.05) is 36.5 Å². The van der Waals surface area contributed by atoms with E-state index >= 15 is 0 Å². The predicted octanol–water partition coefficient (Wildman–Crippen LogP) is 4.54. The van der Waals surface area contributed by atoms with E-state index in [1.165, 1.54) is 0 Å². The zero-order valence-electron chi connectivity index (χ0n) is 13.5. The lowest BCUT2D eigenvalue weighted by Crippen LogP contribution is -2.15. The molecular formula is C18H14F3N5. The van der Waals surface area contributed by atoms with Crippen LogP contribution in [0, 0.1) is 0 Å². The van der Waals surface area contributed by atoms with Gasteiger partial charge in [0.1, 0.15) is 5.65 Å². The average Bonchev–Trinajstić information content (AvgIpc) is 3.03. The van der Waals surface area contributed by atoms with Crippen LogP contribution in [0.2, 0.25) is 0 Å². The summed E-state index contributed by atoms with van der Waals surface area (Å²) >= 11 is 0. The molecule has 0 amide bonds. The lowest BCUT2D eigenvalue weighted by Gasteiger charge is -2.07. The first-order valence-corrected chi connectivity index (χ1v) is 7.99. The quantitative estimate of drug-likeness (QED) is 0.563. The van der Waals surface area contributed by atoms with Gasteiger partial charge < -0.3 is 10.3 Å². The summed E-state index contributed by atoms with van der Waals surface area (Å²) < 4.78 is 36.7. The van der Waals surface area contributed by atoms with Crippen LogP contribution in [0.25, 0.3) is 33.1 Å². The van der Waals surface area contributed by atoms with E-state index < -0.39 is 12.6 Å². The number of fused-ring (bicyclic) bond motifs is 2. The first kappa shape index (κ1) is 16.3. The van der Waals surface area contributed by atoms with Crippen molar-refractivity contribution in [2.45, 2.75) is 12.6 Å². The van der Waals surface area contributed by atoms with Crippen LogP contribution in [-0.4, -0.2) is 32.7 Å². The van der Waals surface area contributed by atoms with Gasteiger partial charge in [0.2, 0.25) is 5.95 Å². The number of nitrogens with zero attached hydrogens (tertiary/aromatic N) is 3. The Morgan fingerprint density at radius 1 is 1.12 bits per heavy atom. The highest BCUT2D eigenvalue weighted by molar-refractivity contribution is 5.96. The Morgan fingerprint density at radius 2 is 2.00 bits per heavy atom. The van der Waals surface area contributed by atoms with E-state index in [0.717, 1.165) is 27.4 Å². The summed E-state index contributed by atoms with van der Waals surface area (Å²) in [6.07, 6.45) is 0.0277. The molecule has 2 N–H and O–H groups in total. The molecule has 0 radical (unpaired) electrons. The Hall–Kier alpha value is -3.16. The number of benzene rings is 1. The minimum absolute atomic E-state index is 0.165. The molecule has 4 aromatic rings. The molecule has 132 valence electrons. The fraction of sp³-hybridized carbons (Fsp3) is 0.167. The van der Waals surface area contributed by atoms with Gasteiger partial charge in [-0.3, -0.25) is 4.98 Å². The lowest BCUT2D eigenvalue weighted by molar-refractivity contribution is -0.131. The second kappa shape index (κ2) is 6.29. The Balaban J connectivity index is 1.62. The molecule has 0 bridgehead atoms. The highest BCUT2D eigenvalue weighted by Crippen LogP contribution is 2.29. The van der Waals surface area contributed by atoms with Crippen molar-refractivity contribution >= 4 is 27.9 Å². The number of hydrogen-bond donors (Lipinski definition) is 2. The van der Waals surface area contributed by atoms with Crippen molar-refractivity contribution in [2.24, 2.45) is 0 Å². The van der Waals surface area contributed by atoms with Crippen molar-refractivity contribution in [3.05, 3.63) is 48.9 Å². The van der Waals surface area contributed by atoms with Crippen molar-refractivity contribution in [2.75, 3.05) is 11.9 Å². The van der Waals surface area contributed by atoms with Crippen LogP contribution in [0.5, 0.6) is 0 Å². The van der Waals surface area contributed by atoms with Crippen LogP contribution in [0.3, 0.4) is 0 Å². The third-order valence-corrected chi connectivity index (χ3v) is 4.04. The van der Waals surface area contributed by atoms with E-state index in [4.69, 9.17) is 0 Å². The number of rotatable bonds is 4. The van der Waals surface area contributed by atoms with E-state index in [1.54, 1.807) is 12.4 Å². The van der Waals surface area contributed by atoms with Crippen LogP contribution >= 0.6 is 0 Å². The molecule has 0 aliphatic heterocycles. The number of aromatic amines is 1. The summed E-state index contributed by atoms with van der Waals surface area (Å²) in [5.41, 5.74) is 3.38. The highest BCUT2D eigenvalue weighted by atomic mass is 19.4. The van der Waals surface area contributed by atoms with Crippen molar-refractivity contribution < 1.29 is 13.2 Å². The van der Waals surface area contributed by atoms with Gasteiger partial charge in [-0.25, -0.2) is 4.98 Å². The van der Waals surface area contributed by atoms with Gasteiger partial charge in [-0.2, -0.15) is 18.2 Å². The first-order valence-electron chi connectivity index (χ1n) is 7.99. The minimum atomic E-state index is -4.21. The van der Waals surface area contributed by atoms with Gasteiger partial charge >= 0.3 is 6.18 Å². The molecule has 26 heavy (non-hydrogen) atoms. The summed E-state index contributed by atoms with van der Waals surface area (Å²) in [6.45, 7) is -0.264. The largest absolute Gasteiger partial charge is 0.390 e. The van der Waals surface area contributed by atoms with Crippen LogP contribution < -0.4 is 5.32 Å². The van der Waals surface area contributed by atoms with Crippen LogP contribution in [0.1, 0.15) is 6.42 Å². The Kier molecular flexibility index (Phi) is 3.95. The molecule has 0 fully saturated rings. The molecule has 5 nitrogen and oxygen atoms in total. The minimum Gasteiger partial charge on any atom is -0.354 e. The summed E-state index contributed by atoms with van der Waals surface area (Å²) in [7, 11) is 0. The van der Waals surface area contributed by atoms with E-state index in [0.29, 0.717) is 5.65 Å². The molecule has 0 aliphatic rings. The summed E-state index contributed by atoms with van der Waals surface area (Å²) in [4.78, 5) is 15.7. The van der Waals surface area contributed by atoms with Gasteiger partial charge in [0.15, 0.2) is 0 Å². The maximum absolute atomic E-state index is 12.2. The van der Waals surface area contributed by atoms with Gasteiger partial charge in [-0.05, 0) is 23.8 Å². The number of aromatic nitrogens is 4. The zero-order valence-corrected chi connectivity index (χ0v) is 13.5. The number of anilines is 1. The maximum atomic E-state index is 12.2. The van der Waals surface area contributed by atoms with E-state index in [-0.39, 0.29) is 12.5 Å². The molecule has 3 heterocycles. The second-order valence-electron chi connectivity index (χ2n) is 5.86. The number of alkyl halides is 3. The Morgan fingerprint density at radius 3 is 2.85 bits per heavy atom. The SMILES string of the molecule is FC(F)(F)CCNc1ncc2c(-c3ccc4ncccc4c3)c[nH]c2n1. The molecule has 8 heteroatoms. The predicted molar refractivity (Wildman–Crippen MR) is 93.8 cm³/mol. The van der Waals surface area contributed by atoms with Crippen molar-refractivity contribution in [3.63, 3.8) is 0 Å². The lowest BCUT2D eigenvalue weighted by atomic mass is 10.0. The molecule has 0 saturated heterocycles. The van der Waals surface area contributed by atoms with E-state index in [2.05, 4.69) is 25.3 Å². The normalized spacial score (nSPS) is 12.0. The molecule has 4 rings (SSSR count). The molecule has 0 atom stereocenters. The van der Waals surface area contributed by atoms with Gasteiger partial charge in [0.25, 0.3) is 0 Å². The van der Waals surface area contributed by atoms with Crippen molar-refractivity contribution in [1.82, 2.24) is 19.9 Å². The first-order chi connectivity index (χ1) is 12.5. The van der Waals surface area contributed by atoms with Gasteiger partial charge in [0.05, 0.1) is 11.9 Å². The second-order valence-corrected chi connectivity index (χ2v) is 5.86. The molecule has 0 unspecified atom stereocenters. The number of halogens is 3. The summed E-state index contributed by atoms with van der Waals surface area (Å²) in [6, 6.07) is 9.80. The Labute approximate surface area is 146 Å². The van der Waals surface area contributed by atoms with E-state index in [9.17, 15) is 13.2 Å². The third-order valence-electron chi connectivity index (χ3n) is 4.04. The zero-order chi connectivity index (χ0) is 18.1. The maximum Gasteiger partial charge on any atom is 0.390 e. The topological polar surface area (TPSA) is 66.5 Å². The standard InChI is InChI=1S/C18H14F3N5/c19-18(20,21)5-7-23-17-25-10-14-13(9-24-16(14)26-17)11-3-4-15-12(8-11)2-1-6-22-15/h1-4,6,8-10H,5,7H2,(H2,23,24,25,26). The molecule has 3 aromatic heterocycles. The number of nitrogens with one attached hydrogen (secondary N) is 2. The molecule has 0 spiro atoms. The fourth-order valence-corrected chi connectivity index (χ4v) is 2.79. The molecule has 1 aromatic carbocycles. The summed E-state index contributed by atoms with van der Waals surface area (Å²) in [5.74, 6) is 0.165. The summed E-state index contributed by atoms with van der Waals surface area (Å²) in [5, 5.41) is 4.42. The Bertz CT molecular complexity index is 1070. The van der Waals surface area contributed by atoms with Gasteiger partial charge in [-0.15, -0.1) is 0 Å². The fourth-order valence-electron chi connectivity index (χ4n) is 2.79. The van der Waals surface area contributed by atoms with Gasteiger partial charge in [0, 0.05) is 41.5 Å². The van der Waals surface area contributed by atoms with Crippen LogP contribution in [0.15, 0.2) is 48.9 Å². The van der Waals surface area contributed by atoms with Crippen LogP contribution in [0.4, 0.5) is 19.1 Å². The number of pyridine rings is 1. The third kappa shape index (κ3) is 3.30. The van der Waals surface area contributed by atoms with Gasteiger partial charge in [-0.1, -0.05) is 12.1 Å². The smallest absolute Gasteiger partial charge is 0.354 e. The van der Waals surface area contributed by atoms with Crippen molar-refractivity contribution in [3.8, 4) is 11.1 Å².